The van der Waals surface area contributed by atoms with Gasteiger partial charge in [0.15, 0.2) is 0 Å². The lowest BCUT2D eigenvalue weighted by Gasteiger charge is -2.15. The Morgan fingerprint density at radius 3 is 2.15 bits per heavy atom. The van der Waals surface area contributed by atoms with Crippen molar-refractivity contribution < 1.29 is 4.74 Å². The molecule has 2 heteroatoms. The number of benzene rings is 2. The third-order valence-corrected chi connectivity index (χ3v) is 4.43. The highest BCUT2D eigenvalue weighted by Crippen LogP contribution is 2.32. The Morgan fingerprint density at radius 2 is 1.55 bits per heavy atom. The van der Waals surface area contributed by atoms with E-state index in [9.17, 15) is 0 Å². The van der Waals surface area contributed by atoms with E-state index in [1.807, 2.05) is 42.5 Å². The van der Waals surface area contributed by atoms with Gasteiger partial charge in [-0.2, -0.15) is 0 Å². The van der Waals surface area contributed by atoms with Crippen LogP contribution in [0, 0.1) is 5.92 Å². The van der Waals surface area contributed by atoms with Crippen LogP contribution in [-0.2, 0) is 0 Å². The molecule has 0 heterocycles. The second-order valence-corrected chi connectivity index (χ2v) is 6.31. The number of halogens is 1. The van der Waals surface area contributed by atoms with Gasteiger partial charge < -0.3 is 4.74 Å². The predicted octanol–water partition coefficient (Wildman–Crippen LogP) is 6.35. The van der Waals surface area contributed by atoms with Gasteiger partial charge in [-0.15, -0.1) is 0 Å². The van der Waals surface area contributed by atoms with E-state index in [1.165, 1.54) is 12.0 Å². The van der Waals surface area contributed by atoms with Crippen LogP contribution in [0.5, 0.6) is 11.5 Å². The van der Waals surface area contributed by atoms with Crippen LogP contribution in [0.25, 0.3) is 0 Å². The highest BCUT2D eigenvalue weighted by atomic mass is 79.9. The van der Waals surface area contributed by atoms with Crippen molar-refractivity contribution in [3.8, 4) is 11.5 Å². The topological polar surface area (TPSA) is 9.23 Å². The summed E-state index contributed by atoms with van der Waals surface area (Å²) in [6.07, 6.45) is 2.38. The van der Waals surface area contributed by atoms with Crippen molar-refractivity contribution in [3.05, 3.63) is 60.2 Å². The van der Waals surface area contributed by atoms with Gasteiger partial charge in [0.2, 0.25) is 0 Å². The molecule has 2 aromatic rings. The molecule has 0 fully saturated rings. The van der Waals surface area contributed by atoms with Gasteiger partial charge in [0.1, 0.15) is 11.5 Å². The van der Waals surface area contributed by atoms with E-state index >= 15 is 0 Å². The molecule has 0 saturated carbocycles. The molecule has 0 bridgehead atoms. The normalized spacial score (nSPS) is 13.8. The van der Waals surface area contributed by atoms with Crippen molar-refractivity contribution in [2.45, 2.75) is 31.5 Å². The minimum atomic E-state index is 0.420. The Bertz CT molecular complexity index is 507. The van der Waals surface area contributed by atoms with Gasteiger partial charge in [-0.1, -0.05) is 66.5 Å². The SMILES string of the molecule is CCC(C)CC(Br)c1ccc(Oc2ccccc2)cc1. The summed E-state index contributed by atoms with van der Waals surface area (Å²) in [7, 11) is 0. The van der Waals surface area contributed by atoms with E-state index in [0.29, 0.717) is 4.83 Å². The molecule has 0 spiro atoms. The maximum atomic E-state index is 5.80. The zero-order valence-corrected chi connectivity index (χ0v) is 13.6. The lowest BCUT2D eigenvalue weighted by atomic mass is 9.99. The zero-order chi connectivity index (χ0) is 14.4. The summed E-state index contributed by atoms with van der Waals surface area (Å²) in [6.45, 7) is 4.53. The van der Waals surface area contributed by atoms with Crippen LogP contribution in [0.4, 0.5) is 0 Å². The molecule has 0 aromatic heterocycles. The van der Waals surface area contributed by atoms with Crippen molar-refractivity contribution in [2.24, 2.45) is 5.92 Å². The third-order valence-electron chi connectivity index (χ3n) is 3.53. The van der Waals surface area contributed by atoms with Gasteiger partial charge in [-0.3, -0.25) is 0 Å². The van der Waals surface area contributed by atoms with Gasteiger partial charge >= 0.3 is 0 Å². The van der Waals surface area contributed by atoms with Crippen LogP contribution < -0.4 is 4.74 Å². The fraction of sp³-hybridized carbons (Fsp3) is 0.333. The van der Waals surface area contributed by atoms with E-state index in [0.717, 1.165) is 23.8 Å². The molecule has 2 aromatic carbocycles. The van der Waals surface area contributed by atoms with Crippen molar-refractivity contribution in [3.63, 3.8) is 0 Å². The fourth-order valence-corrected chi connectivity index (χ4v) is 2.97. The summed E-state index contributed by atoms with van der Waals surface area (Å²) in [4.78, 5) is 0.420. The van der Waals surface area contributed by atoms with Crippen LogP contribution in [0.3, 0.4) is 0 Å². The number of ether oxygens (including phenoxy) is 1. The molecule has 20 heavy (non-hydrogen) atoms. The average Bonchev–Trinajstić information content (AvgIpc) is 2.49. The fourth-order valence-electron chi connectivity index (χ4n) is 2.03. The van der Waals surface area contributed by atoms with Crippen molar-refractivity contribution in [1.29, 1.82) is 0 Å². The standard InChI is InChI=1S/C18H21BrO/c1-3-14(2)13-18(19)15-9-11-17(12-10-15)20-16-7-5-4-6-8-16/h4-12,14,18H,3,13H2,1-2H3. The number of alkyl halides is 1. The van der Waals surface area contributed by atoms with Gasteiger partial charge in [-0.25, -0.2) is 0 Å². The van der Waals surface area contributed by atoms with E-state index in [-0.39, 0.29) is 0 Å². The molecule has 0 amide bonds. The number of hydrogen-bond donors (Lipinski definition) is 0. The zero-order valence-electron chi connectivity index (χ0n) is 12.1. The number of rotatable bonds is 6. The maximum absolute atomic E-state index is 5.80. The molecule has 106 valence electrons. The van der Waals surface area contributed by atoms with Crippen LogP contribution >= 0.6 is 15.9 Å². The highest BCUT2D eigenvalue weighted by molar-refractivity contribution is 9.09. The summed E-state index contributed by atoms with van der Waals surface area (Å²) in [6, 6.07) is 18.2. The van der Waals surface area contributed by atoms with E-state index in [2.05, 4.69) is 41.9 Å². The molecule has 0 radical (unpaired) electrons. The largest absolute Gasteiger partial charge is 0.457 e. The molecule has 1 nitrogen and oxygen atoms in total. The van der Waals surface area contributed by atoms with E-state index < -0.39 is 0 Å². The quantitative estimate of drug-likeness (QED) is 0.560. The van der Waals surface area contributed by atoms with E-state index in [4.69, 9.17) is 4.74 Å². The first-order valence-corrected chi connectivity index (χ1v) is 8.07. The Balaban J connectivity index is 1.99. The number of para-hydroxylation sites is 1. The van der Waals surface area contributed by atoms with Crippen LogP contribution in [0.2, 0.25) is 0 Å². The highest BCUT2D eigenvalue weighted by Gasteiger charge is 2.11. The van der Waals surface area contributed by atoms with Crippen molar-refractivity contribution >= 4 is 15.9 Å². The monoisotopic (exact) mass is 332 g/mol. The van der Waals surface area contributed by atoms with Gasteiger partial charge in [0, 0.05) is 4.83 Å². The first-order chi connectivity index (χ1) is 9.69. The van der Waals surface area contributed by atoms with Gasteiger partial charge in [0.05, 0.1) is 0 Å². The lowest BCUT2D eigenvalue weighted by Crippen LogP contribution is -1.98. The lowest BCUT2D eigenvalue weighted by molar-refractivity contribution is 0.482. The molecule has 0 saturated heterocycles. The maximum Gasteiger partial charge on any atom is 0.127 e. The minimum absolute atomic E-state index is 0.420. The first-order valence-electron chi connectivity index (χ1n) is 7.16. The summed E-state index contributed by atoms with van der Waals surface area (Å²) in [5.41, 5.74) is 1.31. The average molecular weight is 333 g/mol. The summed E-state index contributed by atoms with van der Waals surface area (Å²) >= 11 is 3.78. The Morgan fingerprint density at radius 1 is 0.950 bits per heavy atom. The Kier molecular flexibility index (Phi) is 5.66. The molecule has 0 aliphatic heterocycles. The Labute approximate surface area is 130 Å². The second-order valence-electron chi connectivity index (χ2n) is 5.20. The predicted molar refractivity (Wildman–Crippen MR) is 88.7 cm³/mol. The molecule has 2 atom stereocenters. The molecular weight excluding hydrogens is 312 g/mol. The molecule has 0 N–H and O–H groups in total. The molecular formula is C18H21BrO. The summed E-state index contributed by atoms with van der Waals surface area (Å²) < 4.78 is 5.80. The smallest absolute Gasteiger partial charge is 0.127 e. The second kappa shape index (κ2) is 7.49. The third kappa shape index (κ3) is 4.38. The number of hydrogen-bond acceptors (Lipinski definition) is 1. The van der Waals surface area contributed by atoms with Gasteiger partial charge in [-0.05, 0) is 42.2 Å². The first kappa shape index (κ1) is 15.1. The molecule has 0 aliphatic rings. The van der Waals surface area contributed by atoms with Crippen LogP contribution in [0.15, 0.2) is 54.6 Å². The van der Waals surface area contributed by atoms with Crippen LogP contribution in [-0.4, -0.2) is 0 Å². The van der Waals surface area contributed by atoms with Crippen molar-refractivity contribution in [2.75, 3.05) is 0 Å². The van der Waals surface area contributed by atoms with Gasteiger partial charge in [0.25, 0.3) is 0 Å². The molecule has 2 unspecified atom stereocenters. The van der Waals surface area contributed by atoms with Crippen LogP contribution in [0.1, 0.15) is 37.1 Å². The Hall–Kier alpha value is -1.28. The van der Waals surface area contributed by atoms with E-state index in [1.54, 1.807) is 0 Å². The van der Waals surface area contributed by atoms with Crippen molar-refractivity contribution in [1.82, 2.24) is 0 Å². The molecule has 2 rings (SSSR count). The summed E-state index contributed by atoms with van der Waals surface area (Å²) in [5.74, 6) is 2.48. The molecule has 0 aliphatic carbocycles. The summed E-state index contributed by atoms with van der Waals surface area (Å²) in [5, 5.41) is 0. The minimum Gasteiger partial charge on any atom is -0.457 e.